The number of pyridine rings is 1. The fourth-order valence-corrected chi connectivity index (χ4v) is 5.36. The van der Waals surface area contributed by atoms with Crippen LogP contribution in [0, 0.1) is 12.7 Å². The molecule has 1 saturated heterocycles. The van der Waals surface area contributed by atoms with Crippen LogP contribution in [0.1, 0.15) is 28.2 Å². The Morgan fingerprint density at radius 2 is 2.09 bits per heavy atom. The molecule has 1 aliphatic heterocycles. The summed E-state index contributed by atoms with van der Waals surface area (Å²) in [5, 5.41) is 19.4. The number of thiophene rings is 1. The second-order valence-corrected chi connectivity index (χ2v) is 9.08. The molecule has 2 N–H and O–H groups in total. The molecule has 1 amide bonds. The first-order valence-corrected chi connectivity index (χ1v) is 11.2. The van der Waals surface area contributed by atoms with Gasteiger partial charge in [-0.15, -0.1) is 11.3 Å². The van der Waals surface area contributed by atoms with E-state index in [0.717, 1.165) is 22.3 Å². The molecule has 33 heavy (non-hydrogen) atoms. The molecule has 0 radical (unpaired) electrons. The number of carbonyl (C=O) groups is 2. The van der Waals surface area contributed by atoms with E-state index in [4.69, 9.17) is 16.3 Å². The third kappa shape index (κ3) is 3.41. The first kappa shape index (κ1) is 21.6. The molecule has 0 spiro atoms. The lowest BCUT2D eigenvalue weighted by Crippen LogP contribution is -2.34. The van der Waals surface area contributed by atoms with Crippen LogP contribution in [0.15, 0.2) is 30.5 Å². The van der Waals surface area contributed by atoms with Crippen molar-refractivity contribution < 1.29 is 28.9 Å². The van der Waals surface area contributed by atoms with Crippen LogP contribution in [-0.4, -0.2) is 49.4 Å². The van der Waals surface area contributed by atoms with E-state index in [2.05, 4.69) is 4.98 Å². The Hall–Kier alpha value is -3.21. The lowest BCUT2D eigenvalue weighted by atomic mass is 10.2. The zero-order valence-corrected chi connectivity index (χ0v) is 18.8. The molecule has 1 fully saturated rings. The number of ether oxygens (including phenoxy) is 1. The molecule has 0 bridgehead atoms. The van der Waals surface area contributed by atoms with Crippen LogP contribution >= 0.6 is 22.9 Å². The highest BCUT2D eigenvalue weighted by molar-refractivity contribution is 7.21. The van der Waals surface area contributed by atoms with Crippen LogP contribution in [0.25, 0.3) is 21.1 Å². The maximum atomic E-state index is 15.3. The molecule has 4 aromatic rings. The highest BCUT2D eigenvalue weighted by Gasteiger charge is 2.29. The Balaban J connectivity index is 1.55. The second kappa shape index (κ2) is 7.98. The number of rotatable bonds is 3. The molecule has 1 aliphatic rings. The van der Waals surface area contributed by atoms with E-state index in [0.29, 0.717) is 28.1 Å². The summed E-state index contributed by atoms with van der Waals surface area (Å²) >= 11 is 7.37. The van der Waals surface area contributed by atoms with E-state index in [1.54, 1.807) is 12.1 Å². The van der Waals surface area contributed by atoms with Crippen molar-refractivity contribution in [2.75, 3.05) is 6.54 Å². The zero-order valence-electron chi connectivity index (χ0n) is 17.2. The van der Waals surface area contributed by atoms with E-state index in [9.17, 15) is 19.8 Å². The lowest BCUT2D eigenvalue weighted by molar-refractivity contribution is 0.0297. The predicted molar refractivity (Wildman–Crippen MR) is 121 cm³/mol. The molecule has 1 atom stereocenters. The number of hydrogen-bond acceptors (Lipinski definition) is 6. The summed E-state index contributed by atoms with van der Waals surface area (Å²) in [6.07, 6.45) is 0.678. The first-order chi connectivity index (χ1) is 15.8. The number of carbonyl (C=O) groups excluding carboxylic acids is 1. The van der Waals surface area contributed by atoms with E-state index in [1.165, 1.54) is 30.2 Å². The number of aromatic nitrogens is 2. The van der Waals surface area contributed by atoms with E-state index < -0.39 is 18.1 Å². The van der Waals surface area contributed by atoms with Gasteiger partial charge in [-0.2, -0.15) is 0 Å². The quantitative estimate of drug-likeness (QED) is 0.408. The molecule has 1 unspecified atom stereocenters. The molecular formula is C22H17ClFN3O5S. The average molecular weight is 490 g/mol. The molecule has 11 heteroatoms. The van der Waals surface area contributed by atoms with E-state index >= 15 is 4.39 Å². The summed E-state index contributed by atoms with van der Waals surface area (Å²) in [6, 6.07) is 5.93. The van der Waals surface area contributed by atoms with Crippen LogP contribution < -0.4 is 4.74 Å². The van der Waals surface area contributed by atoms with Gasteiger partial charge in [-0.25, -0.2) is 13.8 Å². The third-order valence-electron chi connectivity index (χ3n) is 5.68. The number of halogens is 2. The molecule has 170 valence electrons. The van der Waals surface area contributed by atoms with Gasteiger partial charge in [0, 0.05) is 24.5 Å². The number of hydrogen-bond donors (Lipinski definition) is 2. The number of likely N-dealkylation sites (tertiary alicyclic amines) is 1. The Morgan fingerprint density at radius 3 is 2.79 bits per heavy atom. The van der Waals surface area contributed by atoms with Gasteiger partial charge >= 0.3 is 6.09 Å². The van der Waals surface area contributed by atoms with E-state index in [1.807, 2.05) is 0 Å². The minimum Gasteiger partial charge on any atom is -0.464 e. The van der Waals surface area contributed by atoms with Crippen molar-refractivity contribution in [1.82, 2.24) is 14.5 Å². The Morgan fingerprint density at radius 1 is 1.30 bits per heavy atom. The largest absolute Gasteiger partial charge is 0.464 e. The van der Waals surface area contributed by atoms with Gasteiger partial charge in [-0.3, -0.25) is 9.78 Å². The fourth-order valence-electron chi connectivity index (χ4n) is 4.07. The molecule has 4 heterocycles. The van der Waals surface area contributed by atoms with Crippen LogP contribution in [0.5, 0.6) is 11.5 Å². The number of benzene rings is 1. The molecule has 3 aromatic heterocycles. The van der Waals surface area contributed by atoms with Gasteiger partial charge in [-0.05, 0) is 38.0 Å². The van der Waals surface area contributed by atoms with Gasteiger partial charge in [0.05, 0.1) is 31.0 Å². The number of aliphatic hydroxyl groups excluding tert-OH is 1. The maximum absolute atomic E-state index is 15.3. The summed E-state index contributed by atoms with van der Waals surface area (Å²) < 4.78 is 22.6. The molecule has 0 saturated carbocycles. The minimum atomic E-state index is -1.27. The van der Waals surface area contributed by atoms with Crippen LogP contribution in [0.3, 0.4) is 0 Å². The minimum absolute atomic E-state index is 0.0107. The van der Waals surface area contributed by atoms with Gasteiger partial charge < -0.3 is 19.8 Å². The second-order valence-electron chi connectivity index (χ2n) is 7.65. The smallest absolute Gasteiger partial charge is 0.416 e. The van der Waals surface area contributed by atoms with Crippen LogP contribution in [0.2, 0.25) is 5.02 Å². The molecule has 0 aliphatic carbocycles. The van der Waals surface area contributed by atoms with Gasteiger partial charge in [0.15, 0.2) is 11.6 Å². The Kier molecular flexibility index (Phi) is 5.23. The van der Waals surface area contributed by atoms with Crippen LogP contribution in [0.4, 0.5) is 9.18 Å². The van der Waals surface area contributed by atoms with Crippen molar-refractivity contribution in [3.63, 3.8) is 0 Å². The maximum Gasteiger partial charge on any atom is 0.416 e. The Labute approximate surface area is 195 Å². The van der Waals surface area contributed by atoms with Crippen molar-refractivity contribution in [3.8, 4) is 11.5 Å². The van der Waals surface area contributed by atoms with Crippen molar-refractivity contribution >= 4 is 56.1 Å². The monoisotopic (exact) mass is 489 g/mol. The zero-order chi connectivity index (χ0) is 23.4. The fraction of sp³-hybridized carbons (Fsp3) is 0.227. The van der Waals surface area contributed by atoms with Gasteiger partial charge in [0.2, 0.25) is 0 Å². The number of nitrogens with zero attached hydrogens (tertiary/aromatic N) is 3. The summed E-state index contributed by atoms with van der Waals surface area (Å²) in [7, 11) is 0. The summed E-state index contributed by atoms with van der Waals surface area (Å²) in [6.45, 7) is 1.97. The number of fused-ring (bicyclic) bond motifs is 2. The third-order valence-corrected chi connectivity index (χ3v) is 7.27. The van der Waals surface area contributed by atoms with Crippen molar-refractivity contribution in [3.05, 3.63) is 51.9 Å². The average Bonchev–Trinajstić information content (AvgIpc) is 3.47. The first-order valence-electron chi connectivity index (χ1n) is 10.1. The summed E-state index contributed by atoms with van der Waals surface area (Å²) in [5.74, 6) is -0.942. The standard InChI is InChI=1S/C22H17ClFN3O5S/c1-10-18(23)17-12(27(10)22(30)31)4-5-13(19(17)24)32-14-6-7-25-11-9-15(33-20(11)14)21(29)26-8-2-3-16(26)28/h4-7,9,16,28H,2-3,8H2,1H3,(H,30,31). The lowest BCUT2D eigenvalue weighted by Gasteiger charge is -2.18. The summed E-state index contributed by atoms with van der Waals surface area (Å²) in [4.78, 5) is 30.4. The van der Waals surface area contributed by atoms with Crippen molar-refractivity contribution in [1.29, 1.82) is 0 Å². The van der Waals surface area contributed by atoms with Gasteiger partial charge in [-0.1, -0.05) is 11.6 Å². The van der Waals surface area contributed by atoms with Crippen LogP contribution in [-0.2, 0) is 0 Å². The molecule has 1 aromatic carbocycles. The van der Waals surface area contributed by atoms with Crippen molar-refractivity contribution in [2.45, 2.75) is 26.0 Å². The predicted octanol–water partition coefficient (Wildman–Crippen LogP) is 5.22. The normalized spacial score (nSPS) is 16.1. The highest BCUT2D eigenvalue weighted by atomic mass is 35.5. The Bertz CT molecular complexity index is 1450. The molecule has 5 rings (SSSR count). The van der Waals surface area contributed by atoms with Crippen molar-refractivity contribution in [2.24, 2.45) is 0 Å². The van der Waals surface area contributed by atoms with Gasteiger partial charge in [0.1, 0.15) is 12.0 Å². The number of aliphatic hydroxyl groups is 1. The molecule has 8 nitrogen and oxygen atoms in total. The molecular weight excluding hydrogens is 473 g/mol. The van der Waals surface area contributed by atoms with E-state index in [-0.39, 0.29) is 39.0 Å². The van der Waals surface area contributed by atoms with Gasteiger partial charge in [0.25, 0.3) is 5.91 Å². The number of amides is 1. The number of carboxylic acid groups (broad SMARTS) is 1. The topological polar surface area (TPSA) is 105 Å². The highest BCUT2D eigenvalue weighted by Crippen LogP contribution is 2.40. The SMILES string of the molecule is Cc1c(Cl)c2c(F)c(Oc3ccnc4cc(C(=O)N5CCCC5O)sc34)ccc2n1C(=O)O. The summed E-state index contributed by atoms with van der Waals surface area (Å²) in [5.41, 5.74) is 0.817.